The van der Waals surface area contributed by atoms with Crippen LogP contribution in [0.15, 0.2) is 41.6 Å². The van der Waals surface area contributed by atoms with E-state index in [1.165, 1.54) is 12.3 Å². The highest BCUT2D eigenvalue weighted by molar-refractivity contribution is 7.91. The number of aromatic amines is 1. The van der Waals surface area contributed by atoms with Gasteiger partial charge >= 0.3 is 0 Å². The Morgan fingerprint density at radius 1 is 1.25 bits per heavy atom. The minimum absolute atomic E-state index is 0.199. The van der Waals surface area contributed by atoms with Crippen molar-refractivity contribution in [1.82, 2.24) is 15.0 Å². The molecule has 0 amide bonds. The molecule has 2 heterocycles. The van der Waals surface area contributed by atoms with Gasteiger partial charge in [0.25, 0.3) is 0 Å². The molecular formula is C13H12N4O2S. The number of nitrogens with two attached hydrogens (primary N) is 1. The van der Waals surface area contributed by atoms with Crippen LogP contribution in [0.4, 0.5) is 5.69 Å². The van der Waals surface area contributed by atoms with Gasteiger partial charge in [-0.15, -0.1) is 0 Å². The van der Waals surface area contributed by atoms with Crippen molar-refractivity contribution < 1.29 is 8.42 Å². The van der Waals surface area contributed by atoms with E-state index in [0.717, 1.165) is 6.26 Å². The van der Waals surface area contributed by atoms with Gasteiger partial charge in [0.2, 0.25) is 0 Å². The summed E-state index contributed by atoms with van der Waals surface area (Å²) >= 11 is 0. The number of rotatable bonds is 2. The monoisotopic (exact) mass is 288 g/mol. The molecule has 0 radical (unpaired) electrons. The number of benzene rings is 1. The molecule has 0 aliphatic rings. The number of anilines is 1. The minimum Gasteiger partial charge on any atom is -0.397 e. The molecule has 0 spiro atoms. The minimum atomic E-state index is -3.33. The van der Waals surface area contributed by atoms with E-state index >= 15 is 0 Å². The molecule has 0 fully saturated rings. The van der Waals surface area contributed by atoms with Crippen molar-refractivity contribution in [3.05, 3.63) is 36.7 Å². The molecule has 0 aliphatic heterocycles. The number of pyridine rings is 1. The number of fused-ring (bicyclic) bond motifs is 1. The Labute approximate surface area is 115 Å². The van der Waals surface area contributed by atoms with E-state index in [2.05, 4.69) is 15.0 Å². The zero-order valence-electron chi connectivity index (χ0n) is 10.7. The van der Waals surface area contributed by atoms with Gasteiger partial charge in [0.15, 0.2) is 9.84 Å². The summed E-state index contributed by atoms with van der Waals surface area (Å²) in [7, 11) is -3.33. The summed E-state index contributed by atoms with van der Waals surface area (Å²) in [6.07, 6.45) is 4.30. The number of aromatic nitrogens is 3. The van der Waals surface area contributed by atoms with Crippen LogP contribution < -0.4 is 5.73 Å². The quantitative estimate of drug-likeness (QED) is 0.746. The van der Waals surface area contributed by atoms with Crippen molar-refractivity contribution in [3.63, 3.8) is 0 Å². The summed E-state index contributed by atoms with van der Waals surface area (Å²) in [5.74, 6) is 0.524. The Kier molecular flexibility index (Phi) is 2.72. The first-order valence-corrected chi connectivity index (χ1v) is 7.74. The number of H-pyrrole nitrogens is 1. The SMILES string of the molecule is CS(=O)(=O)c1cccc2[nH]c(-c3ccncc3N)nc12. The van der Waals surface area contributed by atoms with Crippen molar-refractivity contribution in [2.24, 2.45) is 0 Å². The number of sulfone groups is 1. The number of imidazole rings is 1. The molecule has 6 nitrogen and oxygen atoms in total. The van der Waals surface area contributed by atoms with Crippen LogP contribution in [-0.2, 0) is 9.84 Å². The van der Waals surface area contributed by atoms with Gasteiger partial charge in [-0.25, -0.2) is 13.4 Å². The predicted octanol–water partition coefficient (Wildman–Crippen LogP) is 1.61. The maximum absolute atomic E-state index is 11.8. The molecule has 7 heteroatoms. The van der Waals surface area contributed by atoms with Gasteiger partial charge in [0.1, 0.15) is 11.3 Å². The molecule has 0 saturated heterocycles. The average molecular weight is 288 g/mol. The van der Waals surface area contributed by atoms with Crippen molar-refractivity contribution in [2.45, 2.75) is 4.90 Å². The zero-order chi connectivity index (χ0) is 14.3. The van der Waals surface area contributed by atoms with E-state index in [-0.39, 0.29) is 4.90 Å². The van der Waals surface area contributed by atoms with E-state index in [0.29, 0.717) is 28.1 Å². The number of nitrogen functional groups attached to an aromatic ring is 1. The highest BCUT2D eigenvalue weighted by Crippen LogP contribution is 2.27. The summed E-state index contributed by atoms with van der Waals surface area (Å²) in [5, 5.41) is 0. The van der Waals surface area contributed by atoms with E-state index in [9.17, 15) is 8.42 Å². The fourth-order valence-corrected chi connectivity index (χ4v) is 2.89. The first kappa shape index (κ1) is 12.6. The van der Waals surface area contributed by atoms with E-state index in [1.807, 2.05) is 0 Å². The summed E-state index contributed by atoms with van der Waals surface area (Å²) in [5.41, 5.74) is 8.10. The Balaban J connectivity index is 2.30. The summed E-state index contributed by atoms with van der Waals surface area (Å²) < 4.78 is 23.5. The van der Waals surface area contributed by atoms with Gasteiger partial charge in [-0.2, -0.15) is 0 Å². The number of nitrogens with zero attached hydrogens (tertiary/aromatic N) is 2. The molecule has 3 aromatic rings. The van der Waals surface area contributed by atoms with Gasteiger partial charge in [-0.3, -0.25) is 4.98 Å². The molecule has 1 aromatic carbocycles. The molecule has 3 rings (SSSR count). The van der Waals surface area contributed by atoms with Crippen LogP contribution in [0.1, 0.15) is 0 Å². The van der Waals surface area contributed by atoms with Gasteiger partial charge < -0.3 is 10.7 Å². The topological polar surface area (TPSA) is 102 Å². The van der Waals surface area contributed by atoms with Crippen LogP contribution in [0, 0.1) is 0 Å². The van der Waals surface area contributed by atoms with Crippen LogP contribution in [0.2, 0.25) is 0 Å². The van der Waals surface area contributed by atoms with Crippen LogP contribution in [0.3, 0.4) is 0 Å². The van der Waals surface area contributed by atoms with Crippen molar-refractivity contribution in [2.75, 3.05) is 12.0 Å². The third-order valence-electron chi connectivity index (χ3n) is 2.98. The standard InChI is InChI=1S/C13H12N4O2S/c1-20(18,19)11-4-2-3-10-12(11)17-13(16-10)8-5-6-15-7-9(8)14/h2-7H,14H2,1H3,(H,16,17). The summed E-state index contributed by atoms with van der Waals surface area (Å²) in [6, 6.07) is 6.72. The van der Waals surface area contributed by atoms with E-state index in [4.69, 9.17) is 5.73 Å². The second kappa shape index (κ2) is 4.31. The van der Waals surface area contributed by atoms with Crippen LogP contribution >= 0.6 is 0 Å². The molecule has 0 atom stereocenters. The highest BCUT2D eigenvalue weighted by Gasteiger charge is 2.16. The molecule has 0 aliphatic carbocycles. The second-order valence-corrected chi connectivity index (χ2v) is 6.46. The molecular weight excluding hydrogens is 276 g/mol. The fraction of sp³-hybridized carbons (Fsp3) is 0.0769. The lowest BCUT2D eigenvalue weighted by Gasteiger charge is -1.99. The maximum Gasteiger partial charge on any atom is 0.177 e. The third kappa shape index (κ3) is 2.01. The molecule has 20 heavy (non-hydrogen) atoms. The Morgan fingerprint density at radius 2 is 2.05 bits per heavy atom. The smallest absolute Gasteiger partial charge is 0.177 e. The Morgan fingerprint density at radius 3 is 2.75 bits per heavy atom. The largest absolute Gasteiger partial charge is 0.397 e. The van der Waals surface area contributed by atoms with E-state index in [1.54, 1.807) is 24.4 Å². The average Bonchev–Trinajstić information content (AvgIpc) is 2.81. The molecule has 0 saturated carbocycles. The molecule has 0 unspecified atom stereocenters. The normalized spacial score (nSPS) is 11.8. The molecule has 102 valence electrons. The second-order valence-electron chi connectivity index (χ2n) is 4.47. The molecule has 0 bridgehead atoms. The van der Waals surface area contributed by atoms with Crippen LogP contribution in [0.25, 0.3) is 22.4 Å². The highest BCUT2D eigenvalue weighted by atomic mass is 32.2. The van der Waals surface area contributed by atoms with Crippen molar-refractivity contribution >= 4 is 26.6 Å². The Bertz CT molecular complexity index is 900. The summed E-state index contributed by atoms with van der Waals surface area (Å²) in [6.45, 7) is 0. The third-order valence-corrected chi connectivity index (χ3v) is 4.11. The first-order chi connectivity index (χ1) is 9.47. The number of hydrogen-bond donors (Lipinski definition) is 2. The zero-order valence-corrected chi connectivity index (χ0v) is 11.5. The number of hydrogen-bond acceptors (Lipinski definition) is 5. The van der Waals surface area contributed by atoms with Crippen LogP contribution in [-0.4, -0.2) is 29.6 Å². The lowest BCUT2D eigenvalue weighted by molar-refractivity contribution is 0.602. The van der Waals surface area contributed by atoms with Gasteiger partial charge in [0.05, 0.1) is 22.3 Å². The van der Waals surface area contributed by atoms with Gasteiger partial charge in [-0.1, -0.05) is 6.07 Å². The first-order valence-electron chi connectivity index (χ1n) is 5.85. The van der Waals surface area contributed by atoms with Crippen molar-refractivity contribution in [1.29, 1.82) is 0 Å². The number of para-hydroxylation sites is 1. The van der Waals surface area contributed by atoms with Crippen molar-refractivity contribution in [3.8, 4) is 11.4 Å². The molecule has 2 aromatic heterocycles. The fourth-order valence-electron chi connectivity index (χ4n) is 2.05. The summed E-state index contributed by atoms with van der Waals surface area (Å²) in [4.78, 5) is 11.6. The lowest BCUT2D eigenvalue weighted by atomic mass is 10.2. The van der Waals surface area contributed by atoms with E-state index < -0.39 is 9.84 Å². The lowest BCUT2D eigenvalue weighted by Crippen LogP contribution is -1.97. The van der Waals surface area contributed by atoms with Gasteiger partial charge in [-0.05, 0) is 18.2 Å². The maximum atomic E-state index is 11.8. The number of nitrogens with one attached hydrogen (secondary N) is 1. The van der Waals surface area contributed by atoms with Gasteiger partial charge in [0, 0.05) is 18.0 Å². The Hall–Kier alpha value is -2.41. The molecule has 3 N–H and O–H groups in total. The van der Waals surface area contributed by atoms with Crippen LogP contribution in [0.5, 0.6) is 0 Å². The predicted molar refractivity (Wildman–Crippen MR) is 76.8 cm³/mol.